The fraction of sp³-hybridized carbons (Fsp3) is 0. The molecule has 0 unspecified atom stereocenters. The zero-order chi connectivity index (χ0) is 11.1. The van der Waals surface area contributed by atoms with Crippen molar-refractivity contribution in [1.82, 2.24) is 15.0 Å². The number of aromatic amines is 1. The van der Waals surface area contributed by atoms with Gasteiger partial charge in [0.2, 0.25) is 0 Å². The Kier molecular flexibility index (Phi) is 1.82. The van der Waals surface area contributed by atoms with Crippen molar-refractivity contribution in [3.05, 3.63) is 35.2 Å². The fourth-order valence-electron chi connectivity index (χ4n) is 1.67. The van der Waals surface area contributed by atoms with Crippen molar-refractivity contribution < 1.29 is 0 Å². The van der Waals surface area contributed by atoms with Gasteiger partial charge < -0.3 is 4.98 Å². The maximum atomic E-state index is 8.85. The molecule has 0 spiro atoms. The van der Waals surface area contributed by atoms with Crippen molar-refractivity contribution in [2.24, 2.45) is 0 Å². The molecule has 0 bridgehead atoms. The van der Waals surface area contributed by atoms with Gasteiger partial charge in [0.05, 0.1) is 33.5 Å². The molecule has 0 saturated carbocycles. The molecule has 5 heteroatoms. The Morgan fingerprint density at radius 2 is 2.12 bits per heavy atom. The van der Waals surface area contributed by atoms with Gasteiger partial charge in [-0.05, 0) is 12.1 Å². The van der Waals surface area contributed by atoms with E-state index >= 15 is 0 Å². The van der Waals surface area contributed by atoms with Gasteiger partial charge in [0, 0.05) is 11.6 Å². The molecule has 1 N–H and O–H groups in total. The molecule has 0 aliphatic carbocycles. The summed E-state index contributed by atoms with van der Waals surface area (Å²) in [4.78, 5) is 11.3. The Bertz CT molecular complexity index is 739. The number of hydrogen-bond donors (Lipinski definition) is 1. The molecule has 3 rings (SSSR count). The third-order valence-corrected chi connectivity index (χ3v) is 2.87. The number of rotatable bonds is 0. The van der Waals surface area contributed by atoms with Crippen LogP contribution in [0.5, 0.6) is 0 Å². The molecule has 76 valence electrons. The summed E-state index contributed by atoms with van der Waals surface area (Å²) in [5.41, 5.74) is 2.84. The van der Waals surface area contributed by atoms with E-state index in [1.165, 1.54) is 6.20 Å². The number of imidazole rings is 1. The van der Waals surface area contributed by atoms with Crippen LogP contribution >= 0.6 is 11.6 Å². The minimum absolute atomic E-state index is 0.379. The molecule has 0 aliphatic heterocycles. The van der Waals surface area contributed by atoms with Crippen LogP contribution in [0.25, 0.3) is 21.9 Å². The summed E-state index contributed by atoms with van der Waals surface area (Å²) in [5.74, 6) is 0. The summed E-state index contributed by atoms with van der Waals surface area (Å²) >= 11 is 6.11. The van der Waals surface area contributed by atoms with Crippen LogP contribution in [-0.2, 0) is 0 Å². The Morgan fingerprint density at radius 1 is 1.25 bits per heavy atom. The number of nitriles is 1. The van der Waals surface area contributed by atoms with E-state index in [-0.39, 0.29) is 0 Å². The second-order valence-electron chi connectivity index (χ2n) is 3.39. The molecule has 3 aromatic rings. The first-order valence-corrected chi connectivity index (χ1v) is 4.99. The smallest absolute Gasteiger partial charge is 0.102 e. The molecule has 2 aromatic heterocycles. The second kappa shape index (κ2) is 3.19. The number of pyridine rings is 1. The fourth-order valence-corrected chi connectivity index (χ4v) is 1.91. The zero-order valence-corrected chi connectivity index (χ0v) is 8.78. The third-order valence-electron chi connectivity index (χ3n) is 2.46. The van der Waals surface area contributed by atoms with E-state index in [0.29, 0.717) is 10.6 Å². The number of aromatic nitrogens is 3. The number of nitrogens with one attached hydrogen (secondary N) is 1. The van der Waals surface area contributed by atoms with E-state index in [2.05, 4.69) is 15.0 Å². The first-order valence-electron chi connectivity index (χ1n) is 4.61. The lowest BCUT2D eigenvalue weighted by Crippen LogP contribution is -1.85. The van der Waals surface area contributed by atoms with E-state index in [1.807, 2.05) is 18.2 Å². The van der Waals surface area contributed by atoms with E-state index in [4.69, 9.17) is 16.9 Å². The molecule has 2 heterocycles. The standard InChI is InChI=1S/C11H5ClN4/c12-11-6(3-13)4-14-8-2-10-9(1-7(8)11)15-5-16-10/h1-2,4-5H,(H,15,16). The molecule has 0 aliphatic rings. The van der Waals surface area contributed by atoms with Crippen LogP contribution in [0.4, 0.5) is 0 Å². The minimum Gasteiger partial charge on any atom is -0.345 e. The summed E-state index contributed by atoms with van der Waals surface area (Å²) in [7, 11) is 0. The maximum Gasteiger partial charge on any atom is 0.102 e. The Morgan fingerprint density at radius 3 is 2.94 bits per heavy atom. The number of nitrogens with zero attached hydrogens (tertiary/aromatic N) is 3. The van der Waals surface area contributed by atoms with E-state index in [0.717, 1.165) is 21.9 Å². The molecule has 4 nitrogen and oxygen atoms in total. The van der Waals surface area contributed by atoms with Crippen LogP contribution in [0.2, 0.25) is 5.02 Å². The van der Waals surface area contributed by atoms with Gasteiger partial charge in [0.1, 0.15) is 6.07 Å². The van der Waals surface area contributed by atoms with Crippen LogP contribution in [-0.4, -0.2) is 15.0 Å². The first kappa shape index (κ1) is 9.13. The summed E-state index contributed by atoms with van der Waals surface area (Å²) < 4.78 is 0. The van der Waals surface area contributed by atoms with Gasteiger partial charge in [0.15, 0.2) is 0 Å². The van der Waals surface area contributed by atoms with Crippen LogP contribution < -0.4 is 0 Å². The molecule has 0 atom stereocenters. The molecule has 0 fully saturated rings. The van der Waals surface area contributed by atoms with E-state index in [1.54, 1.807) is 6.33 Å². The van der Waals surface area contributed by atoms with Gasteiger partial charge in [-0.2, -0.15) is 5.26 Å². The number of H-pyrrole nitrogens is 1. The van der Waals surface area contributed by atoms with Crippen molar-refractivity contribution in [3.8, 4) is 6.07 Å². The van der Waals surface area contributed by atoms with Gasteiger partial charge in [-0.15, -0.1) is 0 Å². The minimum atomic E-state index is 0.379. The molecule has 1 aromatic carbocycles. The Balaban J connectivity index is 2.51. The van der Waals surface area contributed by atoms with Gasteiger partial charge in [0.25, 0.3) is 0 Å². The second-order valence-corrected chi connectivity index (χ2v) is 3.76. The average molecular weight is 229 g/mol. The summed E-state index contributed by atoms with van der Waals surface area (Å²) in [6.07, 6.45) is 3.09. The zero-order valence-electron chi connectivity index (χ0n) is 8.03. The van der Waals surface area contributed by atoms with Gasteiger partial charge >= 0.3 is 0 Å². The third kappa shape index (κ3) is 1.16. The molecule has 0 saturated heterocycles. The van der Waals surface area contributed by atoms with Gasteiger partial charge in [-0.1, -0.05) is 11.6 Å². The predicted molar refractivity (Wildman–Crippen MR) is 61.1 cm³/mol. The normalized spacial score (nSPS) is 10.8. The van der Waals surface area contributed by atoms with Gasteiger partial charge in [-0.3, -0.25) is 4.98 Å². The van der Waals surface area contributed by atoms with Crippen LogP contribution in [0.15, 0.2) is 24.7 Å². The lowest BCUT2D eigenvalue weighted by Gasteiger charge is -2.01. The topological polar surface area (TPSA) is 65.4 Å². The van der Waals surface area contributed by atoms with Crippen LogP contribution in [0.3, 0.4) is 0 Å². The summed E-state index contributed by atoms with van der Waals surface area (Å²) in [6.45, 7) is 0. The predicted octanol–water partition coefficient (Wildman–Crippen LogP) is 2.64. The lowest BCUT2D eigenvalue weighted by molar-refractivity contribution is 1.34. The number of halogens is 1. The highest BCUT2D eigenvalue weighted by Gasteiger charge is 2.08. The quantitative estimate of drug-likeness (QED) is 0.643. The lowest BCUT2D eigenvalue weighted by atomic mass is 10.1. The largest absolute Gasteiger partial charge is 0.345 e. The Labute approximate surface area is 95.5 Å². The number of fused-ring (bicyclic) bond motifs is 2. The molecule has 16 heavy (non-hydrogen) atoms. The highest BCUT2D eigenvalue weighted by molar-refractivity contribution is 6.36. The molecular weight excluding hydrogens is 224 g/mol. The van der Waals surface area contributed by atoms with Crippen LogP contribution in [0, 0.1) is 11.3 Å². The van der Waals surface area contributed by atoms with Crippen molar-refractivity contribution in [2.75, 3.05) is 0 Å². The Hall–Kier alpha value is -2.12. The van der Waals surface area contributed by atoms with Crippen molar-refractivity contribution in [1.29, 1.82) is 5.26 Å². The van der Waals surface area contributed by atoms with E-state index in [9.17, 15) is 0 Å². The van der Waals surface area contributed by atoms with Crippen molar-refractivity contribution >= 4 is 33.5 Å². The highest BCUT2D eigenvalue weighted by Crippen LogP contribution is 2.27. The van der Waals surface area contributed by atoms with Crippen LogP contribution in [0.1, 0.15) is 5.56 Å². The summed E-state index contributed by atoms with van der Waals surface area (Å²) in [5, 5.41) is 10.0. The molecule has 0 radical (unpaired) electrons. The average Bonchev–Trinajstić information content (AvgIpc) is 2.74. The maximum absolute atomic E-state index is 8.85. The molecule has 0 amide bonds. The highest BCUT2D eigenvalue weighted by atomic mass is 35.5. The molecular formula is C11H5ClN4. The van der Waals surface area contributed by atoms with Crippen molar-refractivity contribution in [3.63, 3.8) is 0 Å². The number of benzene rings is 1. The number of hydrogen-bond acceptors (Lipinski definition) is 3. The first-order chi connectivity index (χ1) is 7.79. The SMILES string of the molecule is N#Cc1cnc2cc3[nH]cnc3cc2c1Cl. The van der Waals surface area contributed by atoms with Gasteiger partial charge in [-0.25, -0.2) is 4.98 Å². The summed E-state index contributed by atoms with van der Waals surface area (Å²) in [6, 6.07) is 5.70. The van der Waals surface area contributed by atoms with Crippen molar-refractivity contribution in [2.45, 2.75) is 0 Å². The monoisotopic (exact) mass is 228 g/mol. The van der Waals surface area contributed by atoms with E-state index < -0.39 is 0 Å².